The van der Waals surface area contributed by atoms with Crippen molar-refractivity contribution in [3.05, 3.63) is 10.2 Å². The van der Waals surface area contributed by atoms with Crippen LogP contribution in [0.15, 0.2) is 10.2 Å². The number of hydrogen-bond donors (Lipinski definition) is 0. The first-order chi connectivity index (χ1) is 7.74. The van der Waals surface area contributed by atoms with Crippen LogP contribution in [0.4, 0.5) is 0 Å². The maximum absolute atomic E-state index is 6.44. The van der Waals surface area contributed by atoms with E-state index in [-0.39, 0.29) is 0 Å². The van der Waals surface area contributed by atoms with E-state index in [1.54, 1.807) is 0 Å². The molecule has 0 aromatic heterocycles. The summed E-state index contributed by atoms with van der Waals surface area (Å²) in [4.78, 5) is 0. The number of hydrogen-bond acceptors (Lipinski definition) is 1. The monoisotopic (exact) mass is 368 g/mol. The summed E-state index contributed by atoms with van der Waals surface area (Å²) in [5, 5.41) is 0.301. The van der Waals surface area contributed by atoms with Crippen LogP contribution in [-0.4, -0.2) is 14.4 Å². The summed E-state index contributed by atoms with van der Waals surface area (Å²) in [5.74, 6) is 0. The van der Waals surface area contributed by atoms with Crippen LogP contribution in [0, 0.1) is 0 Å². The van der Waals surface area contributed by atoms with E-state index < -0.39 is 8.32 Å². The summed E-state index contributed by atoms with van der Waals surface area (Å²) in [6.07, 6.45) is 7.57. The molecule has 1 atom stereocenters. The number of halogens is 1. The molecule has 0 radical (unpaired) electrons. The van der Waals surface area contributed by atoms with Gasteiger partial charge in [0.1, 0.15) is 0 Å². The predicted octanol–water partition coefficient (Wildman–Crippen LogP) is 5.91. The van der Waals surface area contributed by atoms with Gasteiger partial charge in [-0.15, -0.1) is 0 Å². The lowest BCUT2D eigenvalue weighted by Crippen LogP contribution is -2.43. The molecule has 0 amide bonds. The van der Waals surface area contributed by atoms with Gasteiger partial charge in [-0.3, -0.25) is 0 Å². The van der Waals surface area contributed by atoms with Gasteiger partial charge in [-0.2, -0.15) is 0 Å². The second kappa shape index (κ2) is 7.95. The Bertz CT molecular complexity index is 231. The van der Waals surface area contributed by atoms with Gasteiger partial charge in [-0.1, -0.05) is 75.6 Å². The zero-order valence-corrected chi connectivity index (χ0v) is 15.5. The van der Waals surface area contributed by atoms with E-state index in [0.717, 1.165) is 0 Å². The molecule has 0 aromatic carbocycles. The highest BCUT2D eigenvalue weighted by atomic mass is 127. The van der Waals surface area contributed by atoms with Crippen LogP contribution in [0.2, 0.25) is 18.1 Å². The van der Waals surface area contributed by atoms with Crippen molar-refractivity contribution in [3.8, 4) is 0 Å². The van der Waals surface area contributed by atoms with Gasteiger partial charge < -0.3 is 4.43 Å². The molecule has 0 heterocycles. The van der Waals surface area contributed by atoms with Crippen LogP contribution in [0.25, 0.3) is 0 Å². The lowest BCUT2D eigenvalue weighted by atomic mass is 10.1. The van der Waals surface area contributed by atoms with Gasteiger partial charge in [0.15, 0.2) is 8.32 Å². The Balaban J connectivity index is 4.43. The van der Waals surface area contributed by atoms with Gasteiger partial charge in [-0.25, -0.2) is 0 Å². The lowest BCUT2D eigenvalue weighted by Gasteiger charge is -2.38. The van der Waals surface area contributed by atoms with E-state index in [1.807, 2.05) is 0 Å². The van der Waals surface area contributed by atoms with Crippen LogP contribution >= 0.6 is 22.6 Å². The smallest absolute Gasteiger partial charge is 0.192 e. The molecule has 0 aliphatic carbocycles. The molecule has 3 heteroatoms. The first-order valence-electron chi connectivity index (χ1n) is 6.69. The fourth-order valence-electron chi connectivity index (χ4n) is 1.43. The zero-order chi connectivity index (χ0) is 13.5. The molecule has 0 unspecified atom stereocenters. The minimum Gasteiger partial charge on any atom is -0.411 e. The highest BCUT2D eigenvalue weighted by Gasteiger charge is 2.38. The Morgan fingerprint density at radius 3 is 2.24 bits per heavy atom. The van der Waals surface area contributed by atoms with Gasteiger partial charge in [0.2, 0.25) is 0 Å². The molecule has 0 saturated heterocycles. The van der Waals surface area contributed by atoms with E-state index in [9.17, 15) is 0 Å². The summed E-state index contributed by atoms with van der Waals surface area (Å²) in [6, 6.07) is 0. The van der Waals surface area contributed by atoms with Crippen molar-refractivity contribution in [1.82, 2.24) is 0 Å². The molecule has 0 rings (SSSR count). The molecular formula is C14H29IOSi. The second-order valence-corrected chi connectivity index (χ2v) is 11.7. The average Bonchev–Trinajstić information content (AvgIpc) is 2.16. The van der Waals surface area contributed by atoms with Crippen LogP contribution in [0.1, 0.15) is 53.4 Å². The molecule has 1 nitrogen and oxygen atoms in total. The Morgan fingerprint density at radius 2 is 1.82 bits per heavy atom. The summed E-state index contributed by atoms with van der Waals surface area (Å²) in [7, 11) is -1.62. The summed E-state index contributed by atoms with van der Waals surface area (Å²) in [6.45, 7) is 13.8. The zero-order valence-electron chi connectivity index (χ0n) is 12.3. The third kappa shape index (κ3) is 6.96. The quantitative estimate of drug-likeness (QED) is 0.309. The van der Waals surface area contributed by atoms with Gasteiger partial charge in [0.25, 0.3) is 0 Å². The predicted molar refractivity (Wildman–Crippen MR) is 89.4 cm³/mol. The fourth-order valence-corrected chi connectivity index (χ4v) is 3.20. The van der Waals surface area contributed by atoms with Crippen LogP contribution in [-0.2, 0) is 4.43 Å². The molecule has 0 aliphatic rings. The minimum atomic E-state index is -1.62. The standard InChI is InChI=1S/C14H29IOSi/c1-7-8-9-10-13(11-12-15)16-17(5,6)14(2,3)4/h11-13H,7-10H2,1-6H3/b12-11+/t13-/m0/s1. The van der Waals surface area contributed by atoms with Gasteiger partial charge in [-0.05, 0) is 28.6 Å². The van der Waals surface area contributed by atoms with Crippen molar-refractivity contribution in [2.24, 2.45) is 0 Å². The Labute approximate surface area is 123 Å². The first kappa shape index (κ1) is 17.6. The molecule has 0 spiro atoms. The molecule has 0 bridgehead atoms. The van der Waals surface area contributed by atoms with Gasteiger partial charge >= 0.3 is 0 Å². The van der Waals surface area contributed by atoms with E-state index in [4.69, 9.17) is 4.43 Å². The second-order valence-electron chi connectivity index (χ2n) is 6.23. The van der Waals surface area contributed by atoms with Crippen molar-refractivity contribution < 1.29 is 4.43 Å². The third-order valence-electron chi connectivity index (χ3n) is 3.63. The maximum atomic E-state index is 6.44. The normalized spacial score (nSPS) is 15.5. The molecule has 17 heavy (non-hydrogen) atoms. The highest BCUT2D eigenvalue weighted by Crippen LogP contribution is 2.38. The molecular weight excluding hydrogens is 339 g/mol. The number of unbranched alkanes of at least 4 members (excludes halogenated alkanes) is 2. The first-order valence-corrected chi connectivity index (χ1v) is 10.8. The Hall–Kier alpha value is 0.647. The molecule has 0 aromatic rings. The summed E-state index contributed by atoms with van der Waals surface area (Å²) in [5.41, 5.74) is 0. The van der Waals surface area contributed by atoms with Crippen LogP contribution in [0.5, 0.6) is 0 Å². The molecule has 0 fully saturated rings. The Morgan fingerprint density at radius 1 is 1.24 bits per heavy atom. The van der Waals surface area contributed by atoms with Crippen molar-refractivity contribution in [1.29, 1.82) is 0 Å². The molecule has 0 N–H and O–H groups in total. The molecule has 0 saturated carbocycles. The summed E-state index contributed by atoms with van der Waals surface area (Å²) >= 11 is 2.29. The largest absolute Gasteiger partial charge is 0.411 e. The van der Waals surface area contributed by atoms with Crippen molar-refractivity contribution in [2.75, 3.05) is 0 Å². The maximum Gasteiger partial charge on any atom is 0.192 e. The van der Waals surface area contributed by atoms with Crippen LogP contribution < -0.4 is 0 Å². The molecule has 0 aliphatic heterocycles. The number of rotatable bonds is 7. The SMILES string of the molecule is CCCCC[C@@H](/C=C/I)O[Si](C)(C)C(C)(C)C. The fraction of sp³-hybridized carbons (Fsp3) is 0.857. The van der Waals surface area contributed by atoms with E-state index in [0.29, 0.717) is 11.1 Å². The highest BCUT2D eigenvalue weighted by molar-refractivity contribution is 14.1. The van der Waals surface area contributed by atoms with E-state index in [1.165, 1.54) is 25.7 Å². The van der Waals surface area contributed by atoms with Crippen molar-refractivity contribution >= 4 is 30.9 Å². The molecule has 102 valence electrons. The third-order valence-corrected chi connectivity index (χ3v) is 8.55. The Kier molecular flexibility index (Phi) is 8.25. The van der Waals surface area contributed by atoms with Gasteiger partial charge in [0.05, 0.1) is 6.10 Å². The van der Waals surface area contributed by atoms with Crippen molar-refractivity contribution in [2.45, 2.75) is 77.6 Å². The average molecular weight is 368 g/mol. The van der Waals surface area contributed by atoms with E-state index >= 15 is 0 Å². The van der Waals surface area contributed by atoms with Crippen molar-refractivity contribution in [3.63, 3.8) is 0 Å². The minimum absolute atomic E-state index is 0.301. The van der Waals surface area contributed by atoms with Crippen LogP contribution in [0.3, 0.4) is 0 Å². The van der Waals surface area contributed by atoms with E-state index in [2.05, 4.69) is 73.5 Å². The topological polar surface area (TPSA) is 9.23 Å². The lowest BCUT2D eigenvalue weighted by molar-refractivity contribution is 0.211. The van der Waals surface area contributed by atoms with Gasteiger partial charge in [0, 0.05) is 0 Å². The summed E-state index contributed by atoms with van der Waals surface area (Å²) < 4.78 is 8.54.